The van der Waals surface area contributed by atoms with Gasteiger partial charge in [0.2, 0.25) is 5.91 Å². The third-order valence-corrected chi connectivity index (χ3v) is 1.09. The van der Waals surface area contributed by atoms with E-state index in [-0.39, 0.29) is 12.5 Å². The summed E-state index contributed by atoms with van der Waals surface area (Å²) in [7, 11) is 3.43. The highest BCUT2D eigenvalue weighted by atomic mass is 16.2. The fraction of sp³-hybridized carbons (Fsp3) is 0.714. The average Bonchev–Trinajstić information content (AvgIpc) is 1.97. The second-order valence-electron chi connectivity index (χ2n) is 2.34. The Kier molecular flexibility index (Phi) is 5.15. The van der Waals surface area contributed by atoms with Crippen molar-refractivity contribution < 1.29 is 4.79 Å². The largest absolute Gasteiger partial charge is 0.347 e. The molecule has 0 fully saturated rings. The minimum Gasteiger partial charge on any atom is -0.347 e. The second-order valence-corrected chi connectivity index (χ2v) is 2.34. The maximum atomic E-state index is 10.9. The number of hydrogen-bond donors (Lipinski definition) is 1. The maximum absolute atomic E-state index is 10.9. The number of carbonyl (C=O) groups excluding carboxylic acids is 1. The van der Waals surface area contributed by atoms with Crippen LogP contribution in [0, 0.1) is 0 Å². The van der Waals surface area contributed by atoms with Gasteiger partial charge in [-0.05, 0) is 6.42 Å². The van der Waals surface area contributed by atoms with Gasteiger partial charge in [-0.15, -0.1) is 0 Å². The van der Waals surface area contributed by atoms with E-state index in [4.69, 9.17) is 0 Å². The van der Waals surface area contributed by atoms with E-state index >= 15 is 0 Å². The summed E-state index contributed by atoms with van der Waals surface area (Å²) in [5.74, 6) is 0.0262. The number of rotatable bonds is 4. The summed E-state index contributed by atoms with van der Waals surface area (Å²) in [6.07, 6.45) is 2.60. The van der Waals surface area contributed by atoms with Crippen LogP contribution in [0.1, 0.15) is 13.3 Å². The first-order valence-corrected chi connectivity index (χ1v) is 3.63. The molecule has 4 heteroatoms. The molecule has 0 aromatic rings. The van der Waals surface area contributed by atoms with Crippen molar-refractivity contribution >= 4 is 12.1 Å². The summed E-state index contributed by atoms with van der Waals surface area (Å²) < 4.78 is 0. The van der Waals surface area contributed by atoms with Crippen LogP contribution < -0.4 is 5.43 Å². The van der Waals surface area contributed by atoms with Gasteiger partial charge >= 0.3 is 0 Å². The van der Waals surface area contributed by atoms with Gasteiger partial charge in [-0.1, -0.05) is 6.92 Å². The van der Waals surface area contributed by atoms with Gasteiger partial charge in [-0.3, -0.25) is 4.79 Å². The van der Waals surface area contributed by atoms with Gasteiger partial charge in [0.25, 0.3) is 0 Å². The fourth-order valence-corrected chi connectivity index (χ4v) is 0.427. The number of likely N-dealkylation sites (N-methyl/N-ethyl adjacent to an activating group) is 1. The molecule has 0 rings (SSSR count). The highest BCUT2D eigenvalue weighted by Crippen LogP contribution is 1.75. The Morgan fingerprint density at radius 1 is 1.64 bits per heavy atom. The molecule has 4 nitrogen and oxygen atoms in total. The Balaban J connectivity index is 3.39. The van der Waals surface area contributed by atoms with Gasteiger partial charge in [0.1, 0.15) is 6.54 Å². The van der Waals surface area contributed by atoms with Crippen LogP contribution in [0.4, 0.5) is 0 Å². The van der Waals surface area contributed by atoms with Crippen molar-refractivity contribution in [3.63, 3.8) is 0 Å². The van der Waals surface area contributed by atoms with E-state index < -0.39 is 0 Å². The van der Waals surface area contributed by atoms with Crippen LogP contribution in [0.2, 0.25) is 0 Å². The van der Waals surface area contributed by atoms with E-state index in [1.807, 2.05) is 6.92 Å². The van der Waals surface area contributed by atoms with Crippen molar-refractivity contribution in [2.75, 3.05) is 20.6 Å². The first-order chi connectivity index (χ1) is 5.18. The van der Waals surface area contributed by atoms with Crippen LogP contribution in [0.25, 0.3) is 0 Å². The van der Waals surface area contributed by atoms with Gasteiger partial charge < -0.3 is 10.3 Å². The van der Waals surface area contributed by atoms with Crippen LogP contribution in [0.5, 0.6) is 0 Å². The molecule has 0 heterocycles. The number of carbonyl (C=O) groups is 1. The second kappa shape index (κ2) is 5.70. The molecule has 0 saturated heterocycles. The van der Waals surface area contributed by atoms with E-state index in [1.165, 1.54) is 4.90 Å². The van der Waals surface area contributed by atoms with Crippen molar-refractivity contribution in [2.45, 2.75) is 13.3 Å². The molecule has 0 aliphatic rings. The van der Waals surface area contributed by atoms with Crippen molar-refractivity contribution in [1.29, 1.82) is 0 Å². The molecular weight excluding hydrogens is 142 g/mol. The zero-order valence-corrected chi connectivity index (χ0v) is 7.29. The number of nitrogens with zero attached hydrogens (tertiary/aromatic N) is 2. The zero-order valence-electron chi connectivity index (χ0n) is 7.29. The molecule has 0 unspecified atom stereocenters. The molecule has 0 radical (unpaired) electrons. The molecule has 1 amide bonds. The molecular formula is C7H15N3O. The maximum Gasteiger partial charge on any atom is 0.243 e. The highest BCUT2D eigenvalue weighted by molar-refractivity contribution is 5.77. The van der Waals surface area contributed by atoms with E-state index in [2.05, 4.69) is 10.5 Å². The van der Waals surface area contributed by atoms with E-state index in [9.17, 15) is 4.79 Å². The summed E-state index contributed by atoms with van der Waals surface area (Å²) in [5, 5.41) is 3.79. The normalized spacial score (nSPS) is 10.1. The molecule has 11 heavy (non-hydrogen) atoms. The predicted octanol–water partition coefficient (Wildman–Crippen LogP) is 0.0600. The van der Waals surface area contributed by atoms with Crippen LogP contribution in [-0.2, 0) is 4.79 Å². The molecule has 0 atom stereocenters. The smallest absolute Gasteiger partial charge is 0.243 e. The number of nitrogens with one attached hydrogen (secondary N) is 1. The lowest BCUT2D eigenvalue weighted by Gasteiger charge is -2.08. The molecule has 0 aromatic carbocycles. The van der Waals surface area contributed by atoms with E-state index in [0.29, 0.717) is 0 Å². The van der Waals surface area contributed by atoms with Crippen LogP contribution in [-0.4, -0.2) is 37.7 Å². The summed E-state index contributed by atoms with van der Waals surface area (Å²) in [4.78, 5) is 12.4. The summed E-state index contributed by atoms with van der Waals surface area (Å²) in [6, 6.07) is 0. The SMILES string of the molecule is CC/C=N\NCC(=O)N(C)C. The first-order valence-electron chi connectivity index (χ1n) is 3.63. The lowest BCUT2D eigenvalue weighted by molar-refractivity contribution is -0.127. The van der Waals surface area contributed by atoms with E-state index in [0.717, 1.165) is 6.42 Å². The molecule has 0 aliphatic heterocycles. The van der Waals surface area contributed by atoms with Gasteiger partial charge in [-0.25, -0.2) is 0 Å². The fourth-order valence-electron chi connectivity index (χ4n) is 0.427. The van der Waals surface area contributed by atoms with Crippen molar-refractivity contribution in [1.82, 2.24) is 10.3 Å². The number of amides is 1. The topological polar surface area (TPSA) is 44.7 Å². The minimum absolute atomic E-state index is 0.0262. The Hall–Kier alpha value is -1.06. The van der Waals surface area contributed by atoms with Gasteiger partial charge in [0.15, 0.2) is 0 Å². The summed E-state index contributed by atoms with van der Waals surface area (Å²) in [6.45, 7) is 2.25. The van der Waals surface area contributed by atoms with Crippen molar-refractivity contribution in [3.8, 4) is 0 Å². The third kappa shape index (κ3) is 5.39. The van der Waals surface area contributed by atoms with Gasteiger partial charge in [0.05, 0.1) is 0 Å². The Morgan fingerprint density at radius 3 is 2.73 bits per heavy atom. The van der Waals surface area contributed by atoms with Crippen molar-refractivity contribution in [2.24, 2.45) is 5.10 Å². The predicted molar refractivity (Wildman–Crippen MR) is 45.5 cm³/mol. The lowest BCUT2D eigenvalue weighted by atomic mass is 10.5. The number of hydrazone groups is 1. The minimum atomic E-state index is 0.0262. The van der Waals surface area contributed by atoms with Gasteiger partial charge in [0, 0.05) is 20.3 Å². The molecule has 0 aromatic heterocycles. The summed E-state index contributed by atoms with van der Waals surface area (Å²) in [5.41, 5.74) is 2.65. The molecule has 0 aliphatic carbocycles. The standard InChI is InChI=1S/C7H15N3O/c1-4-5-8-9-6-7(11)10(2)3/h5,9H,4,6H2,1-3H3/b8-5-. The van der Waals surface area contributed by atoms with E-state index in [1.54, 1.807) is 20.3 Å². The lowest BCUT2D eigenvalue weighted by Crippen LogP contribution is -2.30. The van der Waals surface area contributed by atoms with Gasteiger partial charge in [-0.2, -0.15) is 5.10 Å². The van der Waals surface area contributed by atoms with Crippen LogP contribution in [0.15, 0.2) is 5.10 Å². The molecule has 64 valence electrons. The third-order valence-electron chi connectivity index (χ3n) is 1.09. The van der Waals surface area contributed by atoms with Crippen LogP contribution >= 0.6 is 0 Å². The number of hydrogen-bond acceptors (Lipinski definition) is 3. The molecule has 0 bridgehead atoms. The Labute approximate surface area is 67.3 Å². The summed E-state index contributed by atoms with van der Waals surface area (Å²) >= 11 is 0. The molecule has 0 saturated carbocycles. The molecule has 1 N–H and O–H groups in total. The first kappa shape index (κ1) is 9.94. The van der Waals surface area contributed by atoms with Crippen molar-refractivity contribution in [3.05, 3.63) is 0 Å². The highest BCUT2D eigenvalue weighted by Gasteiger charge is 1.99. The molecule has 0 spiro atoms. The Morgan fingerprint density at radius 2 is 2.27 bits per heavy atom. The van der Waals surface area contributed by atoms with Crippen LogP contribution in [0.3, 0.4) is 0 Å². The quantitative estimate of drug-likeness (QED) is 0.463. The average molecular weight is 157 g/mol. The monoisotopic (exact) mass is 157 g/mol. The zero-order chi connectivity index (χ0) is 8.69. The Bertz CT molecular complexity index is 143.